The van der Waals surface area contributed by atoms with E-state index < -0.39 is 35.2 Å². The fourth-order valence-corrected chi connectivity index (χ4v) is 3.91. The average molecular weight is 530 g/mol. The van der Waals surface area contributed by atoms with Gasteiger partial charge in [0.15, 0.2) is 5.82 Å². The Labute approximate surface area is 206 Å². The van der Waals surface area contributed by atoms with E-state index in [1.54, 1.807) is 24.3 Å². The van der Waals surface area contributed by atoms with Crippen molar-refractivity contribution in [2.75, 3.05) is 36.4 Å². The summed E-state index contributed by atoms with van der Waals surface area (Å²) in [5.74, 6) is 0.554. The number of anilines is 2. The van der Waals surface area contributed by atoms with E-state index in [-0.39, 0.29) is 19.2 Å². The van der Waals surface area contributed by atoms with Crippen LogP contribution in [0.5, 0.6) is 0 Å². The van der Waals surface area contributed by atoms with E-state index in [1.807, 2.05) is 17.0 Å². The number of benzene rings is 2. The number of urea groups is 1. The number of alkyl halides is 6. The molecule has 0 radical (unpaired) electrons. The van der Waals surface area contributed by atoms with Gasteiger partial charge in [-0.2, -0.15) is 26.3 Å². The summed E-state index contributed by atoms with van der Waals surface area (Å²) in [5, 5.41) is 11.1. The lowest BCUT2D eigenvalue weighted by Crippen LogP contribution is -2.50. The number of aromatic nitrogens is 2. The predicted octanol–water partition coefficient (Wildman–Crippen LogP) is 6.19. The first kappa shape index (κ1) is 25.5. The fourth-order valence-electron chi connectivity index (χ4n) is 3.67. The SMILES string of the molecule is O=C(Nc1cc(C(F)(F)F)cc(C(F)(F)F)c1)N1CCN(c2ccc(-c3ccccc3Cl)nn2)CC1. The lowest BCUT2D eigenvalue weighted by molar-refractivity contribution is -0.143. The minimum atomic E-state index is -5.01. The van der Waals surface area contributed by atoms with Gasteiger partial charge in [0.2, 0.25) is 0 Å². The second kappa shape index (κ2) is 9.84. The number of halogens is 7. The highest BCUT2D eigenvalue weighted by molar-refractivity contribution is 6.33. The van der Waals surface area contributed by atoms with Crippen LogP contribution in [0.1, 0.15) is 11.1 Å². The van der Waals surface area contributed by atoms with E-state index in [9.17, 15) is 31.1 Å². The summed E-state index contributed by atoms with van der Waals surface area (Å²) in [6.45, 7) is 1.02. The number of piperazine rings is 1. The Balaban J connectivity index is 1.40. The Morgan fingerprint density at radius 3 is 1.97 bits per heavy atom. The first-order valence-electron chi connectivity index (χ1n) is 10.6. The van der Waals surface area contributed by atoms with Crippen LogP contribution in [-0.4, -0.2) is 47.3 Å². The van der Waals surface area contributed by atoms with Crippen molar-refractivity contribution in [3.05, 3.63) is 70.7 Å². The van der Waals surface area contributed by atoms with E-state index in [0.717, 1.165) is 5.56 Å². The molecule has 190 valence electrons. The molecule has 1 aliphatic rings. The molecule has 0 aliphatic carbocycles. The van der Waals surface area contributed by atoms with Crippen molar-refractivity contribution in [2.24, 2.45) is 0 Å². The molecule has 13 heteroatoms. The van der Waals surface area contributed by atoms with Crippen molar-refractivity contribution < 1.29 is 31.1 Å². The van der Waals surface area contributed by atoms with Crippen LogP contribution in [0.25, 0.3) is 11.3 Å². The Hall–Kier alpha value is -3.54. The lowest BCUT2D eigenvalue weighted by atomic mass is 10.1. The van der Waals surface area contributed by atoms with Gasteiger partial charge in [0.25, 0.3) is 0 Å². The standard InChI is InChI=1S/C23H18ClF6N5O/c24-18-4-2-1-3-17(18)19-5-6-20(33-32-19)34-7-9-35(10-8-34)21(36)31-16-12-14(22(25,26)27)11-15(13-16)23(28,29)30/h1-6,11-13H,7-10H2,(H,31,36). The van der Waals surface area contributed by atoms with E-state index in [1.165, 1.54) is 4.90 Å². The molecule has 0 saturated carbocycles. The van der Waals surface area contributed by atoms with Crippen LogP contribution in [0.15, 0.2) is 54.6 Å². The van der Waals surface area contributed by atoms with Crippen LogP contribution in [-0.2, 0) is 12.4 Å². The summed E-state index contributed by atoms with van der Waals surface area (Å²) in [7, 11) is 0. The molecule has 1 fully saturated rings. The van der Waals surface area contributed by atoms with E-state index >= 15 is 0 Å². The minimum absolute atomic E-state index is 0.00643. The van der Waals surface area contributed by atoms with Gasteiger partial charge in [-0.05, 0) is 36.4 Å². The third kappa shape index (κ3) is 5.81. The average Bonchev–Trinajstić information content (AvgIpc) is 2.83. The first-order valence-corrected chi connectivity index (χ1v) is 11.0. The maximum Gasteiger partial charge on any atom is 0.416 e. The van der Waals surface area contributed by atoms with Gasteiger partial charge in [-0.15, -0.1) is 10.2 Å². The topological polar surface area (TPSA) is 61.4 Å². The number of amides is 2. The van der Waals surface area contributed by atoms with Gasteiger partial charge in [-0.3, -0.25) is 0 Å². The molecule has 0 atom stereocenters. The monoisotopic (exact) mass is 529 g/mol. The third-order valence-corrected chi connectivity index (χ3v) is 5.86. The molecule has 0 unspecified atom stereocenters. The molecule has 0 spiro atoms. The van der Waals surface area contributed by atoms with Crippen molar-refractivity contribution in [1.82, 2.24) is 15.1 Å². The maximum absolute atomic E-state index is 13.1. The zero-order valence-corrected chi connectivity index (χ0v) is 19.1. The van der Waals surface area contributed by atoms with Crippen molar-refractivity contribution in [3.8, 4) is 11.3 Å². The number of hydrogen-bond donors (Lipinski definition) is 1. The van der Waals surface area contributed by atoms with Crippen LogP contribution in [0.3, 0.4) is 0 Å². The largest absolute Gasteiger partial charge is 0.416 e. The van der Waals surface area contributed by atoms with Crippen molar-refractivity contribution in [1.29, 1.82) is 0 Å². The first-order chi connectivity index (χ1) is 16.9. The number of nitrogens with one attached hydrogen (secondary N) is 1. The molecule has 0 bridgehead atoms. The van der Waals surface area contributed by atoms with Crippen LogP contribution in [0.2, 0.25) is 5.02 Å². The summed E-state index contributed by atoms with van der Waals surface area (Å²) in [6.07, 6.45) is -10.0. The van der Waals surface area contributed by atoms with Crippen LogP contribution < -0.4 is 10.2 Å². The highest BCUT2D eigenvalue weighted by Crippen LogP contribution is 2.37. The number of hydrogen-bond acceptors (Lipinski definition) is 4. The number of rotatable bonds is 3. The Kier molecular flexibility index (Phi) is 6.98. The predicted molar refractivity (Wildman–Crippen MR) is 122 cm³/mol. The molecule has 1 aromatic heterocycles. The van der Waals surface area contributed by atoms with Gasteiger partial charge >= 0.3 is 18.4 Å². The van der Waals surface area contributed by atoms with Crippen LogP contribution >= 0.6 is 11.6 Å². The second-order valence-electron chi connectivity index (χ2n) is 7.96. The van der Waals surface area contributed by atoms with Crippen molar-refractivity contribution in [3.63, 3.8) is 0 Å². The molecule has 6 nitrogen and oxygen atoms in total. The number of nitrogens with zero attached hydrogens (tertiary/aromatic N) is 4. The smallest absolute Gasteiger partial charge is 0.352 e. The van der Waals surface area contributed by atoms with Crippen molar-refractivity contribution >= 4 is 29.1 Å². The van der Waals surface area contributed by atoms with Crippen LogP contribution in [0.4, 0.5) is 42.6 Å². The molecule has 2 heterocycles. The fraction of sp³-hybridized carbons (Fsp3) is 0.261. The van der Waals surface area contributed by atoms with Gasteiger partial charge in [0, 0.05) is 37.4 Å². The van der Waals surface area contributed by atoms with E-state index in [0.29, 0.717) is 41.8 Å². The van der Waals surface area contributed by atoms with E-state index in [4.69, 9.17) is 11.6 Å². The Bertz CT molecular complexity index is 1210. The molecule has 4 rings (SSSR count). The second-order valence-corrected chi connectivity index (χ2v) is 8.36. The summed E-state index contributed by atoms with van der Waals surface area (Å²) in [4.78, 5) is 15.7. The molecule has 2 amide bonds. The molecule has 2 aromatic carbocycles. The number of carbonyl (C=O) groups is 1. The normalized spacial score (nSPS) is 14.6. The molecule has 3 aromatic rings. The van der Waals surface area contributed by atoms with Crippen molar-refractivity contribution in [2.45, 2.75) is 12.4 Å². The minimum Gasteiger partial charge on any atom is -0.352 e. The number of carbonyl (C=O) groups excluding carboxylic acids is 1. The Morgan fingerprint density at radius 1 is 0.833 bits per heavy atom. The quantitative estimate of drug-likeness (QED) is 0.411. The molecular formula is C23H18ClF6N5O. The van der Waals surface area contributed by atoms with E-state index in [2.05, 4.69) is 15.5 Å². The summed E-state index contributed by atoms with van der Waals surface area (Å²) in [6, 6.07) is 10.8. The zero-order valence-electron chi connectivity index (χ0n) is 18.4. The van der Waals surface area contributed by atoms with Gasteiger partial charge in [-0.25, -0.2) is 4.79 Å². The summed E-state index contributed by atoms with van der Waals surface area (Å²) >= 11 is 6.18. The van der Waals surface area contributed by atoms with Gasteiger partial charge in [-0.1, -0.05) is 29.8 Å². The molecule has 36 heavy (non-hydrogen) atoms. The lowest BCUT2D eigenvalue weighted by Gasteiger charge is -2.35. The maximum atomic E-state index is 13.1. The summed E-state index contributed by atoms with van der Waals surface area (Å²) < 4.78 is 78.4. The summed E-state index contributed by atoms with van der Waals surface area (Å²) in [5.41, 5.74) is -2.29. The van der Waals surface area contributed by atoms with Gasteiger partial charge in [0.05, 0.1) is 21.8 Å². The molecule has 1 aliphatic heterocycles. The highest BCUT2D eigenvalue weighted by Gasteiger charge is 2.37. The van der Waals surface area contributed by atoms with Gasteiger partial charge in [0.1, 0.15) is 0 Å². The van der Waals surface area contributed by atoms with Crippen LogP contribution in [0, 0.1) is 0 Å². The molecule has 1 saturated heterocycles. The molecule has 1 N–H and O–H groups in total. The molecular weight excluding hydrogens is 512 g/mol. The third-order valence-electron chi connectivity index (χ3n) is 5.53. The van der Waals surface area contributed by atoms with Gasteiger partial charge < -0.3 is 15.1 Å². The Morgan fingerprint density at radius 2 is 1.44 bits per heavy atom. The zero-order chi connectivity index (χ0) is 26.1. The highest BCUT2D eigenvalue weighted by atomic mass is 35.5.